The summed E-state index contributed by atoms with van der Waals surface area (Å²) in [4.78, 5) is 0. The summed E-state index contributed by atoms with van der Waals surface area (Å²) in [6, 6.07) is 3.68. The summed E-state index contributed by atoms with van der Waals surface area (Å²) in [5.41, 5.74) is 1.46. The van der Waals surface area contributed by atoms with Gasteiger partial charge in [0, 0.05) is 11.6 Å². The van der Waals surface area contributed by atoms with Gasteiger partial charge in [-0.05, 0) is 37.9 Å². The highest BCUT2D eigenvalue weighted by Gasteiger charge is 2.11. The quantitative estimate of drug-likeness (QED) is 0.780. The minimum absolute atomic E-state index is 0.338. The van der Waals surface area contributed by atoms with Gasteiger partial charge in [0.15, 0.2) is 11.6 Å². The zero-order valence-electron chi connectivity index (χ0n) is 11.5. The van der Waals surface area contributed by atoms with Crippen molar-refractivity contribution in [2.45, 2.75) is 40.2 Å². The molecule has 0 spiro atoms. The molecule has 3 heteroatoms. The first-order valence-electron chi connectivity index (χ1n) is 6.28. The van der Waals surface area contributed by atoms with Gasteiger partial charge >= 0.3 is 0 Å². The lowest BCUT2D eigenvalue weighted by molar-refractivity contribution is 0.501. The smallest absolute Gasteiger partial charge is 0.166 e. The lowest BCUT2D eigenvalue weighted by Crippen LogP contribution is -2.23. The molecule has 100 valence electrons. The Morgan fingerprint density at radius 1 is 1.28 bits per heavy atom. The van der Waals surface area contributed by atoms with Crippen LogP contribution in [0.25, 0.3) is 5.57 Å². The van der Waals surface area contributed by atoms with Crippen LogP contribution in [0.5, 0.6) is 0 Å². The standard InChI is InChI=1S/C15H21F2N/c1-10(2)18-9-5-6-11(3)13-8-7-12(4)14(16)15(13)17/h6-8,10,18H,5,9H2,1-4H3/b11-6-. The molecule has 18 heavy (non-hydrogen) atoms. The number of allylic oxidation sites excluding steroid dienone is 1. The van der Waals surface area contributed by atoms with Crippen LogP contribution in [0.2, 0.25) is 0 Å². The SMILES string of the molecule is C/C(=C/CCNC(C)C)c1ccc(C)c(F)c1F. The van der Waals surface area contributed by atoms with Gasteiger partial charge in [0.1, 0.15) is 0 Å². The molecule has 0 bridgehead atoms. The first-order chi connectivity index (χ1) is 8.43. The third-order valence-electron chi connectivity index (χ3n) is 2.85. The molecule has 0 aliphatic rings. The molecule has 1 rings (SSSR count). The van der Waals surface area contributed by atoms with Gasteiger partial charge in [-0.2, -0.15) is 0 Å². The predicted octanol–water partition coefficient (Wildman–Crippen LogP) is 4.06. The second kappa shape index (κ2) is 6.64. The summed E-state index contributed by atoms with van der Waals surface area (Å²) in [5, 5.41) is 3.28. The van der Waals surface area contributed by atoms with E-state index in [1.54, 1.807) is 19.1 Å². The van der Waals surface area contributed by atoms with Crippen LogP contribution in [0.15, 0.2) is 18.2 Å². The van der Waals surface area contributed by atoms with Crippen molar-refractivity contribution in [3.8, 4) is 0 Å². The fraction of sp³-hybridized carbons (Fsp3) is 0.467. The van der Waals surface area contributed by atoms with Gasteiger partial charge in [0.2, 0.25) is 0 Å². The second-order valence-electron chi connectivity index (χ2n) is 4.84. The summed E-state index contributed by atoms with van der Waals surface area (Å²) in [6.07, 6.45) is 2.74. The number of hydrogen-bond donors (Lipinski definition) is 1. The number of halogens is 2. The highest BCUT2D eigenvalue weighted by molar-refractivity contribution is 5.64. The first kappa shape index (κ1) is 14.8. The summed E-state index contributed by atoms with van der Waals surface area (Å²) in [6.45, 7) is 8.36. The van der Waals surface area contributed by atoms with Crippen LogP contribution in [0.3, 0.4) is 0 Å². The molecule has 0 atom stereocenters. The maximum Gasteiger partial charge on any atom is 0.166 e. The van der Waals surface area contributed by atoms with E-state index in [0.717, 1.165) is 18.5 Å². The lowest BCUT2D eigenvalue weighted by Gasteiger charge is -2.08. The van der Waals surface area contributed by atoms with Gasteiger partial charge in [-0.25, -0.2) is 8.78 Å². The van der Waals surface area contributed by atoms with E-state index in [1.807, 2.05) is 13.0 Å². The van der Waals surface area contributed by atoms with Crippen LogP contribution in [0.4, 0.5) is 8.78 Å². The van der Waals surface area contributed by atoms with Gasteiger partial charge < -0.3 is 5.32 Å². The van der Waals surface area contributed by atoms with E-state index in [1.165, 1.54) is 0 Å². The molecule has 0 aliphatic heterocycles. The number of benzene rings is 1. The van der Waals surface area contributed by atoms with Crippen molar-refractivity contribution in [2.24, 2.45) is 0 Å². The van der Waals surface area contributed by atoms with Crippen molar-refractivity contribution in [3.05, 3.63) is 41.0 Å². The Labute approximate surface area is 108 Å². The molecule has 0 aromatic heterocycles. The third-order valence-corrected chi connectivity index (χ3v) is 2.85. The molecule has 0 saturated heterocycles. The Kier molecular flexibility index (Phi) is 5.48. The molecule has 1 nitrogen and oxygen atoms in total. The van der Waals surface area contributed by atoms with Crippen molar-refractivity contribution >= 4 is 5.57 Å². The Morgan fingerprint density at radius 2 is 1.94 bits per heavy atom. The van der Waals surface area contributed by atoms with Crippen LogP contribution >= 0.6 is 0 Å². The molecular formula is C15H21F2N. The topological polar surface area (TPSA) is 12.0 Å². The van der Waals surface area contributed by atoms with Crippen molar-refractivity contribution in [1.82, 2.24) is 5.32 Å². The zero-order valence-corrected chi connectivity index (χ0v) is 11.5. The first-order valence-corrected chi connectivity index (χ1v) is 6.28. The Morgan fingerprint density at radius 3 is 2.56 bits per heavy atom. The Hall–Kier alpha value is -1.22. The maximum atomic E-state index is 13.7. The molecule has 0 unspecified atom stereocenters. The average Bonchev–Trinajstić information content (AvgIpc) is 2.31. The summed E-state index contributed by atoms with van der Waals surface area (Å²) < 4.78 is 27.2. The predicted molar refractivity (Wildman–Crippen MR) is 72.5 cm³/mol. The van der Waals surface area contributed by atoms with Gasteiger partial charge in [-0.3, -0.25) is 0 Å². The van der Waals surface area contributed by atoms with E-state index in [0.29, 0.717) is 17.2 Å². The van der Waals surface area contributed by atoms with Gasteiger partial charge in [0.05, 0.1) is 0 Å². The summed E-state index contributed by atoms with van der Waals surface area (Å²) >= 11 is 0. The summed E-state index contributed by atoms with van der Waals surface area (Å²) in [5.74, 6) is -1.50. The molecule has 1 aromatic carbocycles. The summed E-state index contributed by atoms with van der Waals surface area (Å²) in [7, 11) is 0. The fourth-order valence-corrected chi connectivity index (χ4v) is 1.72. The van der Waals surface area contributed by atoms with Gasteiger partial charge in [-0.1, -0.05) is 32.1 Å². The molecule has 0 amide bonds. The van der Waals surface area contributed by atoms with E-state index >= 15 is 0 Å². The molecule has 0 aliphatic carbocycles. The van der Waals surface area contributed by atoms with Gasteiger partial charge in [0.25, 0.3) is 0 Å². The highest BCUT2D eigenvalue weighted by atomic mass is 19.2. The third kappa shape index (κ3) is 3.91. The minimum atomic E-state index is -0.749. The molecule has 0 fully saturated rings. The number of hydrogen-bond acceptors (Lipinski definition) is 1. The monoisotopic (exact) mass is 253 g/mol. The van der Waals surface area contributed by atoms with E-state index in [2.05, 4.69) is 19.2 Å². The van der Waals surface area contributed by atoms with E-state index in [4.69, 9.17) is 0 Å². The maximum absolute atomic E-state index is 13.7. The molecule has 0 radical (unpaired) electrons. The normalized spacial score (nSPS) is 12.3. The number of aryl methyl sites for hydroxylation is 1. The Balaban J connectivity index is 2.75. The van der Waals surface area contributed by atoms with Crippen LogP contribution in [-0.4, -0.2) is 12.6 Å². The lowest BCUT2D eigenvalue weighted by atomic mass is 10.0. The fourth-order valence-electron chi connectivity index (χ4n) is 1.72. The number of rotatable bonds is 5. The molecule has 1 N–H and O–H groups in total. The number of nitrogens with one attached hydrogen (secondary N) is 1. The van der Waals surface area contributed by atoms with Crippen LogP contribution < -0.4 is 5.32 Å². The van der Waals surface area contributed by atoms with Crippen LogP contribution in [0, 0.1) is 18.6 Å². The van der Waals surface area contributed by atoms with Crippen molar-refractivity contribution in [3.63, 3.8) is 0 Å². The minimum Gasteiger partial charge on any atom is -0.314 e. The zero-order chi connectivity index (χ0) is 13.7. The molecule has 1 aromatic rings. The Bertz CT molecular complexity index is 436. The average molecular weight is 253 g/mol. The second-order valence-corrected chi connectivity index (χ2v) is 4.84. The van der Waals surface area contributed by atoms with Crippen LogP contribution in [-0.2, 0) is 0 Å². The van der Waals surface area contributed by atoms with Crippen molar-refractivity contribution in [2.75, 3.05) is 6.54 Å². The molecular weight excluding hydrogens is 232 g/mol. The van der Waals surface area contributed by atoms with E-state index in [9.17, 15) is 8.78 Å². The molecule has 0 heterocycles. The van der Waals surface area contributed by atoms with Crippen molar-refractivity contribution in [1.29, 1.82) is 0 Å². The molecule has 0 saturated carbocycles. The van der Waals surface area contributed by atoms with E-state index < -0.39 is 11.6 Å². The van der Waals surface area contributed by atoms with E-state index in [-0.39, 0.29) is 0 Å². The van der Waals surface area contributed by atoms with Crippen molar-refractivity contribution < 1.29 is 8.78 Å². The van der Waals surface area contributed by atoms with Gasteiger partial charge in [-0.15, -0.1) is 0 Å². The van der Waals surface area contributed by atoms with Crippen LogP contribution in [0.1, 0.15) is 38.3 Å². The largest absolute Gasteiger partial charge is 0.314 e. The highest BCUT2D eigenvalue weighted by Crippen LogP contribution is 2.22.